The van der Waals surface area contributed by atoms with Gasteiger partial charge >= 0.3 is 5.69 Å². The Kier molecular flexibility index (Phi) is 4.77. The van der Waals surface area contributed by atoms with E-state index in [1.807, 2.05) is 37.3 Å². The molecular formula is C16H18N2O3. The van der Waals surface area contributed by atoms with E-state index in [2.05, 4.69) is 0 Å². The molecule has 0 spiro atoms. The topological polar surface area (TPSA) is 78.4 Å². The summed E-state index contributed by atoms with van der Waals surface area (Å²) in [4.78, 5) is 10.6. The maximum Gasteiger partial charge on any atom is 0.311 e. The number of aryl methyl sites for hydroxylation is 2. The molecule has 0 saturated carbocycles. The minimum atomic E-state index is -0.414. The molecule has 21 heavy (non-hydrogen) atoms. The van der Waals surface area contributed by atoms with Crippen LogP contribution in [0.25, 0.3) is 0 Å². The van der Waals surface area contributed by atoms with E-state index in [4.69, 9.17) is 10.5 Å². The summed E-state index contributed by atoms with van der Waals surface area (Å²) in [5, 5.41) is 11.0. The molecule has 0 aliphatic carbocycles. The van der Waals surface area contributed by atoms with Gasteiger partial charge in [0.15, 0.2) is 5.75 Å². The summed E-state index contributed by atoms with van der Waals surface area (Å²) in [6.07, 6.45) is 1.63. The van der Waals surface area contributed by atoms with Crippen molar-refractivity contribution in [2.45, 2.75) is 19.8 Å². The number of nitro groups is 1. The number of nitro benzene ring substituents is 1. The van der Waals surface area contributed by atoms with E-state index in [1.54, 1.807) is 6.07 Å². The molecule has 5 nitrogen and oxygen atoms in total. The summed E-state index contributed by atoms with van der Waals surface area (Å²) in [6, 6.07) is 12.7. The van der Waals surface area contributed by atoms with Crippen LogP contribution in [0.4, 0.5) is 11.4 Å². The Morgan fingerprint density at radius 3 is 2.57 bits per heavy atom. The lowest BCUT2D eigenvalue weighted by atomic mass is 10.1. The predicted molar refractivity (Wildman–Crippen MR) is 82.5 cm³/mol. The van der Waals surface area contributed by atoms with Gasteiger partial charge in [0.05, 0.1) is 11.5 Å². The Bertz CT molecular complexity index is 624. The number of nitrogen functional groups attached to an aromatic ring is 1. The molecule has 0 aromatic heterocycles. The Morgan fingerprint density at radius 2 is 1.90 bits per heavy atom. The first-order valence-corrected chi connectivity index (χ1v) is 6.78. The Hall–Kier alpha value is -2.56. The number of rotatable bonds is 6. The van der Waals surface area contributed by atoms with Crippen LogP contribution < -0.4 is 10.5 Å². The third-order valence-corrected chi connectivity index (χ3v) is 3.16. The quantitative estimate of drug-likeness (QED) is 0.381. The number of nitrogens with two attached hydrogens (primary N) is 1. The minimum Gasteiger partial charge on any atom is -0.487 e. The highest BCUT2D eigenvalue weighted by molar-refractivity contribution is 5.48. The average molecular weight is 286 g/mol. The highest BCUT2D eigenvalue weighted by Gasteiger charge is 2.14. The molecule has 0 radical (unpaired) electrons. The Labute approximate surface area is 123 Å². The molecule has 2 N–H and O–H groups in total. The number of anilines is 1. The summed E-state index contributed by atoms with van der Waals surface area (Å²) >= 11 is 0. The molecule has 0 saturated heterocycles. The largest absolute Gasteiger partial charge is 0.487 e. The van der Waals surface area contributed by atoms with Crippen LogP contribution in [0.15, 0.2) is 42.5 Å². The third kappa shape index (κ3) is 4.21. The van der Waals surface area contributed by atoms with Crippen LogP contribution in [0.3, 0.4) is 0 Å². The van der Waals surface area contributed by atoms with Crippen molar-refractivity contribution in [1.82, 2.24) is 0 Å². The second-order valence-electron chi connectivity index (χ2n) is 4.92. The summed E-state index contributed by atoms with van der Waals surface area (Å²) in [6.45, 7) is 2.26. The number of hydrogen-bond acceptors (Lipinski definition) is 4. The van der Waals surface area contributed by atoms with E-state index in [0.717, 1.165) is 24.1 Å². The van der Waals surface area contributed by atoms with Crippen molar-refractivity contribution in [3.05, 3.63) is 63.7 Å². The van der Waals surface area contributed by atoms with Crippen molar-refractivity contribution in [1.29, 1.82) is 0 Å². The molecule has 0 bridgehead atoms. The fourth-order valence-electron chi connectivity index (χ4n) is 2.03. The molecule has 0 aliphatic heterocycles. The normalized spacial score (nSPS) is 10.3. The first kappa shape index (κ1) is 14.8. The maximum absolute atomic E-state index is 11.0. The maximum atomic E-state index is 11.0. The standard InChI is InChI=1S/C16H18N2O3/c1-12-4-9-16(15(11-12)18(19)20)21-10-2-3-13-5-7-14(17)8-6-13/h4-9,11H,2-3,10,17H2,1H3. The highest BCUT2D eigenvalue weighted by Crippen LogP contribution is 2.27. The summed E-state index contributed by atoms with van der Waals surface area (Å²) < 4.78 is 5.53. The lowest BCUT2D eigenvalue weighted by molar-refractivity contribution is -0.385. The number of ether oxygens (including phenoxy) is 1. The monoisotopic (exact) mass is 286 g/mol. The lowest BCUT2D eigenvalue weighted by Gasteiger charge is -2.07. The average Bonchev–Trinajstić information content (AvgIpc) is 2.46. The van der Waals surface area contributed by atoms with Gasteiger partial charge in [0.2, 0.25) is 0 Å². The van der Waals surface area contributed by atoms with Crippen molar-refractivity contribution in [3.63, 3.8) is 0 Å². The number of nitrogens with zero attached hydrogens (tertiary/aromatic N) is 1. The number of hydrogen-bond donors (Lipinski definition) is 1. The van der Waals surface area contributed by atoms with Crippen molar-refractivity contribution in [3.8, 4) is 5.75 Å². The molecule has 0 fully saturated rings. The zero-order valence-corrected chi connectivity index (χ0v) is 11.9. The van der Waals surface area contributed by atoms with Crippen LogP contribution in [0.2, 0.25) is 0 Å². The van der Waals surface area contributed by atoms with Gasteiger partial charge in [-0.05, 0) is 49.1 Å². The van der Waals surface area contributed by atoms with Crippen LogP contribution in [0.1, 0.15) is 17.5 Å². The van der Waals surface area contributed by atoms with Crippen LogP contribution in [0, 0.1) is 17.0 Å². The molecule has 0 atom stereocenters. The molecule has 2 rings (SSSR count). The van der Waals surface area contributed by atoms with Crippen molar-refractivity contribution in [2.75, 3.05) is 12.3 Å². The summed E-state index contributed by atoms with van der Waals surface area (Å²) in [7, 11) is 0. The van der Waals surface area contributed by atoms with Crippen molar-refractivity contribution in [2.24, 2.45) is 0 Å². The molecule has 0 unspecified atom stereocenters. The van der Waals surface area contributed by atoms with Gasteiger partial charge < -0.3 is 10.5 Å². The SMILES string of the molecule is Cc1ccc(OCCCc2ccc(N)cc2)c([N+](=O)[O-])c1. The van der Waals surface area contributed by atoms with Gasteiger partial charge in [-0.3, -0.25) is 10.1 Å². The molecule has 110 valence electrons. The van der Waals surface area contributed by atoms with Gasteiger partial charge in [-0.25, -0.2) is 0 Å². The Balaban J connectivity index is 1.89. The number of benzene rings is 2. The highest BCUT2D eigenvalue weighted by atomic mass is 16.6. The van der Waals surface area contributed by atoms with Crippen molar-refractivity contribution < 1.29 is 9.66 Å². The third-order valence-electron chi connectivity index (χ3n) is 3.16. The molecule has 5 heteroatoms. The van der Waals surface area contributed by atoms with Gasteiger partial charge in [0, 0.05) is 11.8 Å². The van der Waals surface area contributed by atoms with E-state index in [9.17, 15) is 10.1 Å². The minimum absolute atomic E-state index is 0.0162. The first-order valence-electron chi connectivity index (χ1n) is 6.78. The molecule has 2 aromatic rings. The van der Waals surface area contributed by atoms with Crippen LogP contribution in [-0.2, 0) is 6.42 Å². The molecule has 0 aliphatic rings. The van der Waals surface area contributed by atoms with Gasteiger partial charge in [-0.2, -0.15) is 0 Å². The van der Waals surface area contributed by atoms with E-state index >= 15 is 0 Å². The summed E-state index contributed by atoms with van der Waals surface area (Å²) in [5.41, 5.74) is 8.40. The fraction of sp³-hybridized carbons (Fsp3) is 0.250. The van der Waals surface area contributed by atoms with Gasteiger partial charge in [-0.15, -0.1) is 0 Å². The van der Waals surface area contributed by atoms with Gasteiger partial charge in [0.25, 0.3) is 0 Å². The molecule has 2 aromatic carbocycles. The zero-order valence-electron chi connectivity index (χ0n) is 11.9. The lowest BCUT2D eigenvalue weighted by Crippen LogP contribution is -2.02. The van der Waals surface area contributed by atoms with Crippen LogP contribution in [0.5, 0.6) is 5.75 Å². The van der Waals surface area contributed by atoms with E-state index in [-0.39, 0.29) is 5.69 Å². The van der Waals surface area contributed by atoms with Gasteiger partial charge in [-0.1, -0.05) is 18.2 Å². The Morgan fingerprint density at radius 1 is 1.19 bits per heavy atom. The van der Waals surface area contributed by atoms with Gasteiger partial charge in [0.1, 0.15) is 0 Å². The molecule has 0 amide bonds. The molecular weight excluding hydrogens is 268 g/mol. The van der Waals surface area contributed by atoms with Crippen LogP contribution in [-0.4, -0.2) is 11.5 Å². The first-order chi connectivity index (χ1) is 10.1. The predicted octanol–water partition coefficient (Wildman–Crippen LogP) is 3.50. The van der Waals surface area contributed by atoms with E-state index in [1.165, 1.54) is 11.6 Å². The van der Waals surface area contributed by atoms with E-state index in [0.29, 0.717) is 12.4 Å². The smallest absolute Gasteiger partial charge is 0.311 e. The molecule has 0 heterocycles. The van der Waals surface area contributed by atoms with E-state index < -0.39 is 4.92 Å². The fourth-order valence-corrected chi connectivity index (χ4v) is 2.03. The second-order valence-corrected chi connectivity index (χ2v) is 4.92. The summed E-state index contributed by atoms with van der Waals surface area (Å²) in [5.74, 6) is 0.322. The second kappa shape index (κ2) is 6.74. The zero-order chi connectivity index (χ0) is 15.2. The van der Waals surface area contributed by atoms with Crippen LogP contribution >= 0.6 is 0 Å². The van der Waals surface area contributed by atoms with Crippen molar-refractivity contribution >= 4 is 11.4 Å².